The van der Waals surface area contributed by atoms with E-state index in [4.69, 9.17) is 5.11 Å². The van der Waals surface area contributed by atoms with Gasteiger partial charge < -0.3 is 10.0 Å². The maximum absolute atomic E-state index is 12.2. The number of thiophene rings is 1. The van der Waals surface area contributed by atoms with E-state index < -0.39 is 28.3 Å². The maximum atomic E-state index is 12.2. The third-order valence-electron chi connectivity index (χ3n) is 2.36. The summed E-state index contributed by atoms with van der Waals surface area (Å²) in [5, 5.41) is 8.84. The van der Waals surface area contributed by atoms with Crippen molar-refractivity contribution in [3.63, 3.8) is 0 Å². The lowest BCUT2D eigenvalue weighted by atomic mass is 10.2. The van der Waals surface area contributed by atoms with Gasteiger partial charge in [0.25, 0.3) is 5.91 Å². The average Bonchev–Trinajstić information content (AvgIpc) is 2.74. The molecule has 1 N–H and O–H groups in total. The SMILES string of the molecule is CC(C)CN(CC(=O)O)C(=O)c1ccc(S(C)(=O)=O)s1. The fourth-order valence-corrected chi connectivity index (χ4v) is 3.51. The van der Waals surface area contributed by atoms with Gasteiger partial charge in [0, 0.05) is 12.8 Å². The molecule has 6 nitrogen and oxygen atoms in total. The molecule has 112 valence electrons. The van der Waals surface area contributed by atoms with E-state index in [2.05, 4.69) is 0 Å². The van der Waals surface area contributed by atoms with Crippen molar-refractivity contribution in [2.75, 3.05) is 19.3 Å². The van der Waals surface area contributed by atoms with Gasteiger partial charge in [0.05, 0.1) is 4.88 Å². The van der Waals surface area contributed by atoms with Gasteiger partial charge in [-0.05, 0) is 18.1 Å². The van der Waals surface area contributed by atoms with Crippen LogP contribution in [0.25, 0.3) is 0 Å². The summed E-state index contributed by atoms with van der Waals surface area (Å²) >= 11 is 0.858. The predicted octanol–water partition coefficient (Wildman–Crippen LogP) is 1.33. The lowest BCUT2D eigenvalue weighted by Gasteiger charge is -2.21. The van der Waals surface area contributed by atoms with Gasteiger partial charge in [0.2, 0.25) is 0 Å². The number of amides is 1. The van der Waals surface area contributed by atoms with E-state index in [1.165, 1.54) is 17.0 Å². The Morgan fingerprint density at radius 1 is 1.35 bits per heavy atom. The Hall–Kier alpha value is -1.41. The molecule has 1 aromatic rings. The van der Waals surface area contributed by atoms with Gasteiger partial charge in [-0.25, -0.2) is 8.42 Å². The number of carboxylic acids is 1. The molecule has 1 aromatic heterocycles. The van der Waals surface area contributed by atoms with Crippen molar-refractivity contribution in [2.24, 2.45) is 5.92 Å². The van der Waals surface area contributed by atoms with Crippen LogP contribution in [0, 0.1) is 5.92 Å². The minimum Gasteiger partial charge on any atom is -0.480 e. The molecule has 0 fully saturated rings. The van der Waals surface area contributed by atoms with Gasteiger partial charge in [-0.3, -0.25) is 9.59 Å². The van der Waals surface area contributed by atoms with Crippen molar-refractivity contribution in [3.8, 4) is 0 Å². The molecule has 0 aromatic carbocycles. The number of sulfone groups is 1. The molecular formula is C12H17NO5S2. The highest BCUT2D eigenvalue weighted by Crippen LogP contribution is 2.23. The van der Waals surface area contributed by atoms with Crippen molar-refractivity contribution >= 4 is 33.1 Å². The second kappa shape index (κ2) is 6.36. The van der Waals surface area contributed by atoms with Crippen molar-refractivity contribution < 1.29 is 23.1 Å². The molecule has 0 saturated carbocycles. The molecule has 0 bridgehead atoms. The molecule has 0 aliphatic heterocycles. The fraction of sp³-hybridized carbons (Fsp3) is 0.500. The van der Waals surface area contributed by atoms with Crippen molar-refractivity contribution in [2.45, 2.75) is 18.1 Å². The molecule has 8 heteroatoms. The summed E-state index contributed by atoms with van der Waals surface area (Å²) in [5.41, 5.74) is 0. The summed E-state index contributed by atoms with van der Waals surface area (Å²) in [4.78, 5) is 24.5. The van der Waals surface area contributed by atoms with Crippen LogP contribution < -0.4 is 0 Å². The summed E-state index contributed by atoms with van der Waals surface area (Å²) in [5.74, 6) is -1.44. The zero-order valence-corrected chi connectivity index (χ0v) is 13.1. The van der Waals surface area contributed by atoms with E-state index in [9.17, 15) is 18.0 Å². The van der Waals surface area contributed by atoms with Crippen LogP contribution in [-0.2, 0) is 14.6 Å². The van der Waals surface area contributed by atoms with Crippen molar-refractivity contribution in [1.29, 1.82) is 0 Å². The standard InChI is InChI=1S/C12H17NO5S2/c1-8(2)6-13(7-10(14)15)12(16)9-4-5-11(19-9)20(3,17)18/h4-5,8H,6-7H2,1-3H3,(H,14,15). The zero-order chi connectivity index (χ0) is 15.5. The summed E-state index contributed by atoms with van der Waals surface area (Å²) in [7, 11) is -3.36. The highest BCUT2D eigenvalue weighted by molar-refractivity contribution is 7.92. The van der Waals surface area contributed by atoms with Gasteiger partial charge in [0.15, 0.2) is 9.84 Å². The summed E-state index contributed by atoms with van der Waals surface area (Å²) in [6, 6.07) is 2.78. The van der Waals surface area contributed by atoms with Crippen molar-refractivity contribution in [1.82, 2.24) is 4.90 Å². The highest BCUT2D eigenvalue weighted by atomic mass is 32.2. The largest absolute Gasteiger partial charge is 0.480 e. The van der Waals surface area contributed by atoms with Gasteiger partial charge in [-0.2, -0.15) is 0 Å². The second-order valence-corrected chi connectivity index (χ2v) is 8.19. The Kier molecular flexibility index (Phi) is 5.29. The van der Waals surface area contributed by atoms with E-state index >= 15 is 0 Å². The zero-order valence-electron chi connectivity index (χ0n) is 11.5. The molecule has 0 aliphatic rings. The van der Waals surface area contributed by atoms with E-state index in [-0.39, 0.29) is 15.0 Å². The number of nitrogens with zero attached hydrogens (tertiary/aromatic N) is 1. The molecule has 1 heterocycles. The lowest BCUT2D eigenvalue weighted by molar-refractivity contribution is -0.137. The predicted molar refractivity (Wildman–Crippen MR) is 75.8 cm³/mol. The minimum absolute atomic E-state index is 0.0978. The Balaban J connectivity index is 3.00. The number of rotatable bonds is 6. The first-order chi connectivity index (χ1) is 9.11. The highest BCUT2D eigenvalue weighted by Gasteiger charge is 2.22. The van der Waals surface area contributed by atoms with Crippen LogP contribution in [0.1, 0.15) is 23.5 Å². The molecular weight excluding hydrogens is 302 g/mol. The lowest BCUT2D eigenvalue weighted by Crippen LogP contribution is -2.37. The van der Waals surface area contributed by atoms with Crippen LogP contribution in [0.5, 0.6) is 0 Å². The average molecular weight is 319 g/mol. The first-order valence-corrected chi connectivity index (χ1v) is 8.63. The number of carbonyl (C=O) groups is 2. The molecule has 0 radical (unpaired) electrons. The Labute approximate surface area is 121 Å². The minimum atomic E-state index is -3.36. The van der Waals surface area contributed by atoms with E-state index in [1.807, 2.05) is 13.8 Å². The van der Waals surface area contributed by atoms with Gasteiger partial charge in [-0.1, -0.05) is 13.8 Å². The molecule has 0 aliphatic carbocycles. The summed E-state index contributed by atoms with van der Waals surface area (Å²) in [6.07, 6.45) is 1.07. The van der Waals surface area contributed by atoms with Gasteiger partial charge in [-0.15, -0.1) is 11.3 Å². The van der Waals surface area contributed by atoms with Crippen LogP contribution in [0.4, 0.5) is 0 Å². The normalized spacial score (nSPS) is 11.6. The number of carbonyl (C=O) groups excluding carboxylic acids is 1. The maximum Gasteiger partial charge on any atom is 0.323 e. The number of aliphatic carboxylic acids is 1. The Bertz CT molecular complexity index is 603. The first-order valence-electron chi connectivity index (χ1n) is 5.92. The van der Waals surface area contributed by atoms with Crippen LogP contribution in [0.15, 0.2) is 16.3 Å². The summed E-state index contributed by atoms with van der Waals surface area (Å²) in [6.45, 7) is 3.65. The quantitative estimate of drug-likeness (QED) is 0.854. The topological polar surface area (TPSA) is 91.8 Å². The molecule has 1 amide bonds. The van der Waals surface area contributed by atoms with E-state index in [0.29, 0.717) is 6.54 Å². The second-order valence-electron chi connectivity index (χ2n) is 4.86. The number of carboxylic acid groups (broad SMARTS) is 1. The fourth-order valence-electron chi connectivity index (χ4n) is 1.61. The summed E-state index contributed by atoms with van der Waals surface area (Å²) < 4.78 is 22.9. The van der Waals surface area contributed by atoms with Crippen LogP contribution >= 0.6 is 11.3 Å². The monoisotopic (exact) mass is 319 g/mol. The van der Waals surface area contributed by atoms with Crippen molar-refractivity contribution in [3.05, 3.63) is 17.0 Å². The Morgan fingerprint density at radius 3 is 2.35 bits per heavy atom. The molecule has 0 unspecified atom stereocenters. The van der Waals surface area contributed by atoms with E-state index in [0.717, 1.165) is 17.6 Å². The van der Waals surface area contributed by atoms with Gasteiger partial charge in [0.1, 0.15) is 10.8 Å². The molecule has 0 saturated heterocycles. The third-order valence-corrected chi connectivity index (χ3v) is 5.25. The van der Waals surface area contributed by atoms with Crippen LogP contribution in [0.3, 0.4) is 0 Å². The molecule has 0 atom stereocenters. The molecule has 0 spiro atoms. The van der Waals surface area contributed by atoms with Gasteiger partial charge >= 0.3 is 5.97 Å². The molecule has 1 rings (SSSR count). The van der Waals surface area contributed by atoms with E-state index in [1.54, 1.807) is 0 Å². The van der Waals surface area contributed by atoms with Crippen LogP contribution in [0.2, 0.25) is 0 Å². The Morgan fingerprint density at radius 2 is 1.95 bits per heavy atom. The number of hydrogen-bond donors (Lipinski definition) is 1. The molecule has 20 heavy (non-hydrogen) atoms. The van der Waals surface area contributed by atoms with Crippen LogP contribution in [-0.4, -0.2) is 49.6 Å². The smallest absolute Gasteiger partial charge is 0.323 e. The first kappa shape index (κ1) is 16.6. The number of hydrogen-bond acceptors (Lipinski definition) is 5. The third kappa shape index (κ3) is 4.61.